The molecular formula is C21H23N3O4. The van der Waals surface area contributed by atoms with Crippen LogP contribution in [0.15, 0.2) is 54.6 Å². The number of anilines is 2. The van der Waals surface area contributed by atoms with Crippen molar-refractivity contribution in [2.75, 3.05) is 43.0 Å². The Morgan fingerprint density at radius 3 is 2.25 bits per heavy atom. The zero-order chi connectivity index (χ0) is 19.9. The van der Waals surface area contributed by atoms with Crippen LogP contribution in [-0.4, -0.2) is 55.5 Å². The third-order valence-electron chi connectivity index (χ3n) is 4.55. The molecule has 7 heteroatoms. The van der Waals surface area contributed by atoms with Gasteiger partial charge in [-0.2, -0.15) is 0 Å². The lowest BCUT2D eigenvalue weighted by molar-refractivity contribution is -0.152. The average Bonchev–Trinajstić information content (AvgIpc) is 2.74. The molecule has 1 fully saturated rings. The number of carbonyl (C=O) groups is 3. The molecule has 0 aliphatic carbocycles. The Labute approximate surface area is 163 Å². The molecule has 1 aliphatic heterocycles. The van der Waals surface area contributed by atoms with Gasteiger partial charge in [0.2, 0.25) is 0 Å². The predicted octanol–water partition coefficient (Wildman–Crippen LogP) is 2.15. The van der Waals surface area contributed by atoms with Crippen molar-refractivity contribution >= 4 is 29.2 Å². The smallest absolute Gasteiger partial charge is 0.397 e. The number of amides is 2. The summed E-state index contributed by atoms with van der Waals surface area (Å²) in [6.45, 7) is 4.35. The van der Waals surface area contributed by atoms with Crippen LogP contribution in [0.5, 0.6) is 0 Å². The highest BCUT2D eigenvalue weighted by Crippen LogP contribution is 2.20. The fourth-order valence-electron chi connectivity index (χ4n) is 3.13. The molecule has 1 saturated heterocycles. The topological polar surface area (TPSA) is 78.9 Å². The number of piperazine rings is 1. The minimum Gasteiger partial charge on any atom is -0.459 e. The monoisotopic (exact) mass is 381 g/mol. The third kappa shape index (κ3) is 4.49. The van der Waals surface area contributed by atoms with Gasteiger partial charge < -0.3 is 19.9 Å². The number of ether oxygens (including phenoxy) is 1. The van der Waals surface area contributed by atoms with E-state index in [0.717, 1.165) is 18.8 Å². The normalized spacial score (nSPS) is 13.8. The highest BCUT2D eigenvalue weighted by molar-refractivity contribution is 6.37. The number of hydrogen-bond donors (Lipinski definition) is 1. The number of benzene rings is 2. The number of carbonyl (C=O) groups excluding carboxylic acids is 3. The molecule has 0 atom stereocenters. The number of hydrogen-bond acceptors (Lipinski definition) is 5. The van der Waals surface area contributed by atoms with Crippen LogP contribution >= 0.6 is 0 Å². The lowest BCUT2D eigenvalue weighted by Crippen LogP contribution is -2.49. The maximum atomic E-state index is 13.0. The van der Waals surface area contributed by atoms with Crippen LogP contribution in [0.25, 0.3) is 0 Å². The lowest BCUT2D eigenvalue weighted by Gasteiger charge is -2.36. The summed E-state index contributed by atoms with van der Waals surface area (Å²) in [5.41, 5.74) is 1.79. The largest absolute Gasteiger partial charge is 0.459 e. The van der Waals surface area contributed by atoms with Crippen molar-refractivity contribution in [3.63, 3.8) is 0 Å². The van der Waals surface area contributed by atoms with Crippen LogP contribution in [0.4, 0.5) is 11.4 Å². The molecule has 2 amide bonds. The van der Waals surface area contributed by atoms with Gasteiger partial charge in [-0.05, 0) is 31.2 Å². The summed E-state index contributed by atoms with van der Waals surface area (Å²) in [5, 5.41) is 2.48. The summed E-state index contributed by atoms with van der Waals surface area (Å²) in [4.78, 5) is 40.5. The summed E-state index contributed by atoms with van der Waals surface area (Å²) in [6.07, 6.45) is 0. The van der Waals surface area contributed by atoms with E-state index < -0.39 is 11.9 Å². The van der Waals surface area contributed by atoms with Crippen LogP contribution in [0, 0.1) is 0 Å². The van der Waals surface area contributed by atoms with E-state index in [0.29, 0.717) is 24.3 Å². The summed E-state index contributed by atoms with van der Waals surface area (Å²) < 4.78 is 4.69. The molecule has 0 unspecified atom stereocenters. The Kier molecular flexibility index (Phi) is 6.26. The maximum absolute atomic E-state index is 13.0. The first-order valence-electron chi connectivity index (χ1n) is 9.26. The van der Waals surface area contributed by atoms with Gasteiger partial charge in [0.1, 0.15) is 0 Å². The molecule has 1 aliphatic rings. The first-order chi connectivity index (χ1) is 13.6. The molecule has 0 spiro atoms. The molecule has 1 heterocycles. The van der Waals surface area contributed by atoms with Crippen molar-refractivity contribution in [3.05, 3.63) is 60.2 Å². The Bertz CT molecular complexity index is 846. The van der Waals surface area contributed by atoms with E-state index in [1.165, 1.54) is 0 Å². The molecule has 0 bridgehead atoms. The summed E-state index contributed by atoms with van der Waals surface area (Å²) >= 11 is 0. The summed E-state index contributed by atoms with van der Waals surface area (Å²) in [5.74, 6) is -2.04. The van der Waals surface area contributed by atoms with E-state index in [4.69, 9.17) is 4.74 Å². The van der Waals surface area contributed by atoms with Gasteiger partial charge in [-0.1, -0.05) is 30.3 Å². The van der Waals surface area contributed by atoms with E-state index >= 15 is 0 Å². The highest BCUT2D eigenvalue weighted by Gasteiger charge is 2.25. The van der Waals surface area contributed by atoms with Gasteiger partial charge in [-0.25, -0.2) is 4.79 Å². The number of nitrogens with one attached hydrogen (secondary N) is 1. The molecule has 1 N–H and O–H groups in total. The van der Waals surface area contributed by atoms with Gasteiger partial charge >= 0.3 is 11.9 Å². The van der Waals surface area contributed by atoms with Crippen molar-refractivity contribution in [1.29, 1.82) is 0 Å². The Morgan fingerprint density at radius 2 is 1.57 bits per heavy atom. The van der Waals surface area contributed by atoms with E-state index in [1.54, 1.807) is 36.1 Å². The predicted molar refractivity (Wildman–Crippen MR) is 106 cm³/mol. The molecule has 146 valence electrons. The molecule has 2 aromatic rings. The Hall–Kier alpha value is -3.35. The molecule has 0 saturated carbocycles. The molecule has 0 radical (unpaired) electrons. The van der Waals surface area contributed by atoms with E-state index in [2.05, 4.69) is 22.3 Å². The van der Waals surface area contributed by atoms with Gasteiger partial charge in [0.15, 0.2) is 0 Å². The summed E-state index contributed by atoms with van der Waals surface area (Å²) in [6, 6.07) is 16.8. The van der Waals surface area contributed by atoms with E-state index in [9.17, 15) is 14.4 Å². The lowest BCUT2D eigenvalue weighted by atomic mass is 10.1. The minimum absolute atomic E-state index is 0.110. The van der Waals surface area contributed by atoms with Gasteiger partial charge in [-0.15, -0.1) is 0 Å². The van der Waals surface area contributed by atoms with Crippen LogP contribution in [0.2, 0.25) is 0 Å². The third-order valence-corrected chi connectivity index (χ3v) is 4.55. The Balaban J connectivity index is 1.67. The first kappa shape index (κ1) is 19.4. The number of rotatable bonds is 4. The van der Waals surface area contributed by atoms with Gasteiger partial charge in [-0.3, -0.25) is 9.59 Å². The van der Waals surface area contributed by atoms with E-state index in [-0.39, 0.29) is 12.5 Å². The SMILES string of the molecule is CCOC(=O)C(=O)Nc1ccccc1C(=O)N1CCN(c2ccccc2)CC1. The van der Waals surface area contributed by atoms with Crippen LogP contribution in [-0.2, 0) is 14.3 Å². The Morgan fingerprint density at radius 1 is 0.929 bits per heavy atom. The minimum atomic E-state index is -0.971. The molecule has 0 aromatic heterocycles. The fraction of sp³-hybridized carbons (Fsp3) is 0.286. The zero-order valence-electron chi connectivity index (χ0n) is 15.8. The number of esters is 1. The highest BCUT2D eigenvalue weighted by atomic mass is 16.5. The van der Waals surface area contributed by atoms with E-state index in [1.807, 2.05) is 18.2 Å². The average molecular weight is 381 g/mol. The first-order valence-corrected chi connectivity index (χ1v) is 9.26. The van der Waals surface area contributed by atoms with Gasteiger partial charge in [0.05, 0.1) is 17.9 Å². The van der Waals surface area contributed by atoms with Crippen LogP contribution < -0.4 is 10.2 Å². The number of para-hydroxylation sites is 2. The molecule has 2 aromatic carbocycles. The zero-order valence-corrected chi connectivity index (χ0v) is 15.8. The van der Waals surface area contributed by atoms with Crippen LogP contribution in [0.1, 0.15) is 17.3 Å². The van der Waals surface area contributed by atoms with Crippen molar-refractivity contribution in [3.8, 4) is 0 Å². The van der Waals surface area contributed by atoms with Gasteiger partial charge in [0.25, 0.3) is 5.91 Å². The van der Waals surface area contributed by atoms with Crippen molar-refractivity contribution in [2.24, 2.45) is 0 Å². The quantitative estimate of drug-likeness (QED) is 0.649. The molecule has 7 nitrogen and oxygen atoms in total. The fourth-order valence-corrected chi connectivity index (χ4v) is 3.13. The van der Waals surface area contributed by atoms with Crippen molar-refractivity contribution < 1.29 is 19.1 Å². The standard InChI is InChI=1S/C21H23N3O4/c1-2-28-21(27)19(25)22-18-11-7-6-10-17(18)20(26)24-14-12-23(13-15-24)16-8-4-3-5-9-16/h3-11H,2,12-15H2,1H3,(H,22,25). The second-order valence-corrected chi connectivity index (χ2v) is 6.33. The second kappa shape index (κ2) is 9.03. The van der Waals surface area contributed by atoms with Crippen LogP contribution in [0.3, 0.4) is 0 Å². The second-order valence-electron chi connectivity index (χ2n) is 6.33. The molecule has 3 rings (SSSR count). The summed E-state index contributed by atoms with van der Waals surface area (Å²) in [7, 11) is 0. The molecular weight excluding hydrogens is 358 g/mol. The maximum Gasteiger partial charge on any atom is 0.397 e. The van der Waals surface area contributed by atoms with Crippen molar-refractivity contribution in [1.82, 2.24) is 4.90 Å². The number of nitrogens with zero attached hydrogens (tertiary/aromatic N) is 2. The molecule has 28 heavy (non-hydrogen) atoms. The van der Waals surface area contributed by atoms with Gasteiger partial charge in [0, 0.05) is 31.9 Å². The van der Waals surface area contributed by atoms with Crippen molar-refractivity contribution in [2.45, 2.75) is 6.92 Å².